The van der Waals surface area contributed by atoms with E-state index in [1.54, 1.807) is 0 Å². The third-order valence-corrected chi connectivity index (χ3v) is 11.8. The topological polar surface area (TPSA) is 38.9 Å². The fraction of sp³-hybridized carbons (Fsp3) is 0. The molecule has 2 heterocycles. The van der Waals surface area contributed by atoms with Crippen LogP contribution in [0.25, 0.3) is 122 Å². The van der Waals surface area contributed by atoms with E-state index < -0.39 is 0 Å². The number of para-hydroxylation sites is 1. The Morgan fingerprint density at radius 3 is 1.59 bits per heavy atom. The largest absolute Gasteiger partial charge is 0.456 e. The number of hydrogen-bond donors (Lipinski definition) is 0. The van der Waals surface area contributed by atoms with E-state index in [1.165, 1.54) is 38.6 Å². The van der Waals surface area contributed by atoms with E-state index in [2.05, 4.69) is 188 Å². The third-order valence-electron chi connectivity index (χ3n) is 11.8. The summed E-state index contributed by atoms with van der Waals surface area (Å²) in [4.78, 5) is 10.5. The highest BCUT2D eigenvalue weighted by atomic mass is 16.3. The molecule has 3 nitrogen and oxygen atoms in total. The predicted molar refractivity (Wildman–Crippen MR) is 244 cm³/mol. The van der Waals surface area contributed by atoms with E-state index in [0.29, 0.717) is 5.82 Å². The Morgan fingerprint density at radius 1 is 0.271 bits per heavy atom. The lowest BCUT2D eigenvalue weighted by atomic mass is 9.93. The van der Waals surface area contributed by atoms with Crippen LogP contribution in [0.2, 0.25) is 0 Å². The minimum atomic E-state index is 0.682. The molecule has 0 fully saturated rings. The number of benzene rings is 9. The van der Waals surface area contributed by atoms with Crippen LogP contribution >= 0.6 is 0 Å². The molecular formula is C56H34N2O. The molecule has 1 aliphatic carbocycles. The van der Waals surface area contributed by atoms with Crippen molar-refractivity contribution in [1.29, 1.82) is 0 Å². The highest BCUT2D eigenvalue weighted by molar-refractivity contribution is 6.18. The Morgan fingerprint density at radius 2 is 0.814 bits per heavy atom. The van der Waals surface area contributed by atoms with Crippen molar-refractivity contribution in [3.8, 4) is 89.5 Å². The first kappa shape index (κ1) is 33.3. The molecule has 0 radical (unpaired) electrons. The van der Waals surface area contributed by atoms with Crippen LogP contribution in [0, 0.1) is 0 Å². The smallest absolute Gasteiger partial charge is 0.160 e. The molecule has 0 amide bonds. The van der Waals surface area contributed by atoms with Gasteiger partial charge >= 0.3 is 0 Å². The molecule has 0 saturated carbocycles. The second-order valence-corrected chi connectivity index (χ2v) is 15.3. The molecule has 1 aliphatic rings. The zero-order valence-corrected chi connectivity index (χ0v) is 31.9. The third kappa shape index (κ3) is 5.59. The van der Waals surface area contributed by atoms with Crippen molar-refractivity contribution in [1.82, 2.24) is 9.97 Å². The minimum Gasteiger partial charge on any atom is -0.456 e. The second-order valence-electron chi connectivity index (χ2n) is 15.3. The van der Waals surface area contributed by atoms with Crippen LogP contribution < -0.4 is 0 Å². The molecule has 0 spiro atoms. The maximum absolute atomic E-state index is 6.20. The number of fused-ring (bicyclic) bond motifs is 6. The minimum absolute atomic E-state index is 0.682. The van der Waals surface area contributed by atoms with Gasteiger partial charge in [0.1, 0.15) is 11.2 Å². The molecular weight excluding hydrogens is 717 g/mol. The van der Waals surface area contributed by atoms with E-state index >= 15 is 0 Å². The van der Waals surface area contributed by atoms with Gasteiger partial charge in [0.25, 0.3) is 0 Å². The summed E-state index contributed by atoms with van der Waals surface area (Å²) in [6.07, 6.45) is 0. The van der Waals surface area contributed by atoms with Gasteiger partial charge in [0, 0.05) is 27.5 Å². The van der Waals surface area contributed by atoms with E-state index in [4.69, 9.17) is 14.4 Å². The zero-order chi connectivity index (χ0) is 38.9. The van der Waals surface area contributed by atoms with Crippen LogP contribution in [-0.4, -0.2) is 9.97 Å². The van der Waals surface area contributed by atoms with E-state index in [0.717, 1.165) is 77.8 Å². The summed E-state index contributed by atoms with van der Waals surface area (Å²) in [6, 6.07) is 73.3. The molecule has 9 aromatic carbocycles. The van der Waals surface area contributed by atoms with Crippen LogP contribution in [-0.2, 0) is 0 Å². The molecule has 0 N–H and O–H groups in total. The summed E-state index contributed by atoms with van der Waals surface area (Å²) in [5.74, 6) is 0.682. The maximum Gasteiger partial charge on any atom is 0.160 e. The molecule has 3 heteroatoms. The summed E-state index contributed by atoms with van der Waals surface area (Å²) in [5.41, 5.74) is 18.6. The monoisotopic (exact) mass is 750 g/mol. The molecule has 0 atom stereocenters. The number of furan rings is 1. The van der Waals surface area contributed by atoms with Gasteiger partial charge in [0.2, 0.25) is 0 Å². The zero-order valence-electron chi connectivity index (χ0n) is 31.9. The van der Waals surface area contributed by atoms with Crippen molar-refractivity contribution in [2.24, 2.45) is 0 Å². The Bertz CT molecular complexity index is 3390. The maximum atomic E-state index is 6.20. The summed E-state index contributed by atoms with van der Waals surface area (Å²) in [5, 5.41) is 4.81. The molecule has 0 bridgehead atoms. The van der Waals surface area contributed by atoms with Gasteiger partial charge in [-0.15, -0.1) is 0 Å². The Balaban J connectivity index is 0.995. The van der Waals surface area contributed by atoms with Gasteiger partial charge in [-0.2, -0.15) is 0 Å². The van der Waals surface area contributed by atoms with Crippen molar-refractivity contribution >= 4 is 32.7 Å². The first-order chi connectivity index (χ1) is 29.2. The van der Waals surface area contributed by atoms with Gasteiger partial charge in [0.05, 0.1) is 11.4 Å². The highest BCUT2D eigenvalue weighted by Gasteiger charge is 2.22. The summed E-state index contributed by atoms with van der Waals surface area (Å²) in [7, 11) is 0. The second kappa shape index (κ2) is 13.4. The molecule has 12 rings (SSSR count). The molecule has 0 unspecified atom stereocenters. The lowest BCUT2D eigenvalue weighted by Gasteiger charge is -2.14. The molecule has 59 heavy (non-hydrogen) atoms. The average molecular weight is 751 g/mol. The Kier molecular flexibility index (Phi) is 7.54. The van der Waals surface area contributed by atoms with E-state index in [-0.39, 0.29) is 0 Å². The van der Waals surface area contributed by atoms with Crippen molar-refractivity contribution in [3.05, 3.63) is 206 Å². The molecule has 11 aromatic rings. The van der Waals surface area contributed by atoms with Crippen LogP contribution in [0.15, 0.2) is 211 Å². The first-order valence-electron chi connectivity index (χ1n) is 20.1. The van der Waals surface area contributed by atoms with Gasteiger partial charge in [-0.3, -0.25) is 0 Å². The van der Waals surface area contributed by atoms with Gasteiger partial charge in [0.15, 0.2) is 5.82 Å². The van der Waals surface area contributed by atoms with Crippen molar-refractivity contribution in [3.63, 3.8) is 0 Å². The predicted octanol–water partition coefficient (Wildman–Crippen LogP) is 15.2. The van der Waals surface area contributed by atoms with Gasteiger partial charge in [-0.25, -0.2) is 9.97 Å². The first-order valence-corrected chi connectivity index (χ1v) is 20.1. The summed E-state index contributed by atoms with van der Waals surface area (Å²) < 4.78 is 6.20. The lowest BCUT2D eigenvalue weighted by molar-refractivity contribution is 0.669. The fourth-order valence-electron chi connectivity index (χ4n) is 8.99. The van der Waals surface area contributed by atoms with Crippen molar-refractivity contribution in [2.45, 2.75) is 0 Å². The molecule has 274 valence electrons. The fourth-order valence-corrected chi connectivity index (χ4v) is 8.99. The molecule has 0 saturated heterocycles. The molecule has 2 aromatic heterocycles. The SMILES string of the molecule is c1ccc(-c2cc(-c3ccc4oc5ccccc5c4c3)cc(-c3cc(-c4ccccc4)nc(-c4ccc(-c5ccc6c7c(cccc57)-c5ccccc5-6)cc4)n3)c2)cc1. The number of nitrogens with zero attached hydrogens (tertiary/aromatic N) is 2. The summed E-state index contributed by atoms with van der Waals surface area (Å²) in [6.45, 7) is 0. The highest BCUT2D eigenvalue weighted by Crippen LogP contribution is 2.49. The quantitative estimate of drug-likeness (QED) is 0.170. The van der Waals surface area contributed by atoms with E-state index in [1.807, 2.05) is 18.2 Å². The Labute approximate surface area is 341 Å². The summed E-state index contributed by atoms with van der Waals surface area (Å²) >= 11 is 0. The number of rotatable bonds is 6. The lowest BCUT2D eigenvalue weighted by Crippen LogP contribution is -1.97. The molecule has 0 aliphatic heterocycles. The number of aromatic nitrogens is 2. The van der Waals surface area contributed by atoms with Crippen molar-refractivity contribution < 1.29 is 4.42 Å². The van der Waals surface area contributed by atoms with Crippen LogP contribution in [0.1, 0.15) is 0 Å². The van der Waals surface area contributed by atoms with Gasteiger partial charge < -0.3 is 4.42 Å². The van der Waals surface area contributed by atoms with Crippen molar-refractivity contribution in [2.75, 3.05) is 0 Å². The standard InChI is InChI=1S/C56H34N2O/c1-3-12-35(13-4-1)40-30-41(39-26-29-54-50(33-39)46-18-9-10-21-53(46)59-54)32-42(31-40)52-34-51(37-14-5-2-6-15-37)57-56(58-52)38-24-22-36(23-25-38)43-27-28-49-45-17-8-7-16-44(45)48-20-11-19-47(43)55(48)49/h1-34H. The van der Waals surface area contributed by atoms with Gasteiger partial charge in [-0.1, -0.05) is 164 Å². The van der Waals surface area contributed by atoms with Crippen LogP contribution in [0.5, 0.6) is 0 Å². The number of hydrogen-bond acceptors (Lipinski definition) is 3. The van der Waals surface area contributed by atoms with E-state index in [9.17, 15) is 0 Å². The van der Waals surface area contributed by atoms with Gasteiger partial charge in [-0.05, 0) is 109 Å². The van der Waals surface area contributed by atoms with Crippen LogP contribution in [0.3, 0.4) is 0 Å². The van der Waals surface area contributed by atoms with Crippen LogP contribution in [0.4, 0.5) is 0 Å². The average Bonchev–Trinajstić information content (AvgIpc) is 3.86. The normalized spacial score (nSPS) is 11.7. The Hall–Kier alpha value is -7.88.